The third-order valence-electron chi connectivity index (χ3n) is 3.10. The van der Waals surface area contributed by atoms with E-state index in [0.717, 1.165) is 23.5 Å². The molecule has 1 aliphatic rings. The fourth-order valence-corrected chi connectivity index (χ4v) is 4.60. The highest BCUT2D eigenvalue weighted by Gasteiger charge is 2.43. The first kappa shape index (κ1) is 14.6. The van der Waals surface area contributed by atoms with E-state index in [0.29, 0.717) is 0 Å². The van der Waals surface area contributed by atoms with E-state index in [9.17, 15) is 17.5 Å². The maximum atomic E-state index is 13.0. The van der Waals surface area contributed by atoms with Crippen LogP contribution in [0.1, 0.15) is 0 Å². The van der Waals surface area contributed by atoms with Gasteiger partial charge in [-0.05, 0) is 23.6 Å². The summed E-state index contributed by atoms with van der Waals surface area (Å²) in [5, 5.41) is 1.70. The zero-order valence-corrected chi connectivity index (χ0v) is 12.3. The largest absolute Gasteiger partial charge is 0.592 e. The average Bonchev–Trinajstić information content (AvgIpc) is 2.91. The second-order valence-corrected chi connectivity index (χ2v) is 7.68. The lowest BCUT2D eigenvalue weighted by Gasteiger charge is -2.38. The van der Waals surface area contributed by atoms with Crippen molar-refractivity contribution < 1.29 is 22.3 Å². The van der Waals surface area contributed by atoms with Crippen LogP contribution in [0.25, 0.3) is 0 Å². The van der Waals surface area contributed by atoms with E-state index >= 15 is 0 Å². The third kappa shape index (κ3) is 2.84. The number of hydrogen-bond donors (Lipinski definition) is 0. The Morgan fingerprint density at radius 2 is 2.05 bits per heavy atom. The molecule has 0 radical (unpaired) electrons. The highest BCUT2D eigenvalue weighted by molar-refractivity contribution is 7.97. The van der Waals surface area contributed by atoms with Crippen molar-refractivity contribution in [3.8, 4) is 5.75 Å². The van der Waals surface area contributed by atoms with Crippen molar-refractivity contribution in [3.63, 3.8) is 0 Å². The molecule has 2 aromatic rings. The molecule has 1 aliphatic heterocycles. The van der Waals surface area contributed by atoms with Gasteiger partial charge >= 0.3 is 0 Å². The molecule has 2 heterocycles. The number of sulfonamides is 1. The summed E-state index contributed by atoms with van der Waals surface area (Å²) in [4.78, 5) is 0. The monoisotopic (exact) mass is 331 g/mol. The first-order valence-corrected chi connectivity index (χ1v) is 8.44. The first-order valence-electron chi connectivity index (χ1n) is 6.12. The topological polar surface area (TPSA) is 52.6 Å². The van der Waals surface area contributed by atoms with Gasteiger partial charge in [-0.25, -0.2) is 8.78 Å². The molecule has 8 heteroatoms. The quantitative estimate of drug-likeness (QED) is 0.810. The summed E-state index contributed by atoms with van der Waals surface area (Å²) in [5.41, 5.74) is 0. The molecule has 1 saturated heterocycles. The molecule has 1 unspecified atom stereocenters. The van der Waals surface area contributed by atoms with E-state index < -0.39 is 22.0 Å². The van der Waals surface area contributed by atoms with Crippen LogP contribution in [0, 0.1) is 11.6 Å². The zero-order valence-electron chi connectivity index (χ0n) is 10.7. The summed E-state index contributed by atoms with van der Waals surface area (Å²) in [5.74, 6) is -1.75. The lowest BCUT2D eigenvalue weighted by molar-refractivity contribution is 0.0702. The number of halogens is 2. The second-order valence-electron chi connectivity index (χ2n) is 4.57. The summed E-state index contributed by atoms with van der Waals surface area (Å²) < 4.78 is 57.1. The van der Waals surface area contributed by atoms with Crippen LogP contribution in [0.3, 0.4) is 0 Å². The van der Waals surface area contributed by atoms with Crippen LogP contribution >= 0.6 is 11.3 Å². The maximum Gasteiger partial charge on any atom is 0.229 e. The Kier molecular flexibility index (Phi) is 3.78. The summed E-state index contributed by atoms with van der Waals surface area (Å²) in [6, 6.07) is 6.46. The Morgan fingerprint density at radius 1 is 1.29 bits per heavy atom. The molecule has 4 nitrogen and oxygen atoms in total. The smallest absolute Gasteiger partial charge is 0.229 e. The lowest BCUT2D eigenvalue weighted by Crippen LogP contribution is -2.57. The standard InChI is InChI=1S/C13H11F2NO3S2/c14-11-4-3-9(6-12(11)15)19-10-7-16(8-10)21(17,18)13-2-1-5-20-13/h1-6,10H,7-8H2. The van der Waals surface area contributed by atoms with Crippen LogP contribution < -0.4 is 4.74 Å². The predicted octanol–water partition coefficient (Wildman–Crippen LogP) is 2.69. The third-order valence-corrected chi connectivity index (χ3v) is 6.30. The molecule has 0 aliphatic carbocycles. The van der Waals surface area contributed by atoms with E-state index in [2.05, 4.69) is 0 Å². The summed E-state index contributed by atoms with van der Waals surface area (Å²) >= 11 is 1.15. The molecule has 1 aromatic carbocycles. The van der Waals surface area contributed by atoms with Crippen molar-refractivity contribution in [2.24, 2.45) is 0 Å². The highest BCUT2D eigenvalue weighted by atomic mass is 32.3. The van der Waals surface area contributed by atoms with Crippen LogP contribution in [0.4, 0.5) is 8.78 Å². The number of ether oxygens (including phenoxy) is 1. The fourth-order valence-electron chi connectivity index (χ4n) is 1.95. The minimum absolute atomic E-state index is 0.187. The van der Waals surface area contributed by atoms with Crippen molar-refractivity contribution in [1.29, 1.82) is 0 Å². The second kappa shape index (κ2) is 5.45. The van der Waals surface area contributed by atoms with Gasteiger partial charge in [-0.2, -0.15) is 0 Å². The number of thiophene rings is 1. The Balaban J connectivity index is 1.61. The molecule has 0 saturated carbocycles. The molecule has 0 spiro atoms. The van der Waals surface area contributed by atoms with E-state index in [-0.39, 0.29) is 29.2 Å². The number of nitrogens with zero attached hydrogens (tertiary/aromatic N) is 1. The van der Waals surface area contributed by atoms with Crippen LogP contribution in [0.15, 0.2) is 39.9 Å². The van der Waals surface area contributed by atoms with E-state index in [1.807, 2.05) is 0 Å². The average molecular weight is 331 g/mol. The normalized spacial score (nSPS) is 19.0. The van der Waals surface area contributed by atoms with Gasteiger partial charge in [0.1, 0.15) is 11.9 Å². The van der Waals surface area contributed by atoms with Gasteiger partial charge in [0.2, 0.25) is 4.21 Å². The van der Waals surface area contributed by atoms with Gasteiger partial charge in [0.05, 0.1) is 13.1 Å². The molecule has 0 N–H and O–H groups in total. The fraction of sp³-hybridized carbons (Fsp3) is 0.231. The minimum atomic E-state index is -3.46. The zero-order chi connectivity index (χ0) is 15.0. The molecule has 21 heavy (non-hydrogen) atoms. The van der Waals surface area contributed by atoms with Gasteiger partial charge in [0.25, 0.3) is 0 Å². The predicted molar refractivity (Wildman–Crippen MR) is 73.8 cm³/mol. The van der Waals surface area contributed by atoms with Gasteiger partial charge < -0.3 is 9.29 Å². The molecular formula is C13H11F2NO3S2. The van der Waals surface area contributed by atoms with Crippen LogP contribution in [0.5, 0.6) is 5.75 Å². The number of hydrogen-bond acceptors (Lipinski definition) is 4. The van der Waals surface area contributed by atoms with Crippen molar-refractivity contribution >= 4 is 21.7 Å². The molecule has 112 valence electrons. The van der Waals surface area contributed by atoms with Gasteiger partial charge in [0, 0.05) is 12.1 Å². The molecule has 1 atom stereocenters. The number of benzene rings is 1. The SMILES string of the molecule is O=[S+]([O-])(c1cccs1)N1CC(Oc2ccc(F)c(F)c2)C1. The van der Waals surface area contributed by atoms with Crippen LogP contribution in [-0.2, 0) is 14.6 Å². The summed E-state index contributed by atoms with van der Waals surface area (Å²) in [6.07, 6.45) is -0.357. The maximum absolute atomic E-state index is 13.0. The Morgan fingerprint density at radius 3 is 2.67 bits per heavy atom. The van der Waals surface area contributed by atoms with E-state index in [1.54, 1.807) is 17.5 Å². The molecule has 0 bridgehead atoms. The highest BCUT2D eigenvalue weighted by Crippen LogP contribution is 2.31. The first-order chi connectivity index (χ1) is 9.96. The molecular weight excluding hydrogens is 320 g/mol. The van der Waals surface area contributed by atoms with Crippen molar-refractivity contribution in [2.45, 2.75) is 10.3 Å². The lowest BCUT2D eigenvalue weighted by atomic mass is 10.2. The Labute approximate surface area is 125 Å². The van der Waals surface area contributed by atoms with Gasteiger partial charge in [-0.3, -0.25) is 0 Å². The van der Waals surface area contributed by atoms with Crippen molar-refractivity contribution in [1.82, 2.24) is 4.31 Å². The van der Waals surface area contributed by atoms with Gasteiger partial charge in [-0.15, -0.1) is 4.31 Å². The summed E-state index contributed by atoms with van der Waals surface area (Å²) in [7, 11) is -3.46. The van der Waals surface area contributed by atoms with Crippen molar-refractivity contribution in [2.75, 3.05) is 13.1 Å². The van der Waals surface area contributed by atoms with E-state index in [1.165, 1.54) is 10.4 Å². The van der Waals surface area contributed by atoms with Gasteiger partial charge in [0.15, 0.2) is 22.0 Å². The van der Waals surface area contributed by atoms with Gasteiger partial charge in [-0.1, -0.05) is 15.5 Å². The molecule has 1 fully saturated rings. The van der Waals surface area contributed by atoms with Crippen LogP contribution in [0.2, 0.25) is 0 Å². The number of rotatable bonds is 4. The molecule has 0 amide bonds. The Hall–Kier alpha value is -1.35. The Bertz CT molecular complexity index is 687. The molecule has 3 rings (SSSR count). The van der Waals surface area contributed by atoms with Crippen LogP contribution in [-0.4, -0.2) is 28.1 Å². The van der Waals surface area contributed by atoms with E-state index in [4.69, 9.17) is 4.74 Å². The molecule has 1 aromatic heterocycles. The summed E-state index contributed by atoms with van der Waals surface area (Å²) in [6.45, 7) is 0.387. The minimum Gasteiger partial charge on any atom is -0.592 e. The van der Waals surface area contributed by atoms with Crippen molar-refractivity contribution in [3.05, 3.63) is 47.3 Å².